The zero-order chi connectivity index (χ0) is 12.0. The second-order valence-corrected chi connectivity index (χ2v) is 3.54. The number of fused-ring (bicyclic) bond motifs is 1. The van der Waals surface area contributed by atoms with Crippen molar-refractivity contribution >= 4 is 16.8 Å². The number of carbonyl (C=O) groups excluding carboxylic acids is 1. The fourth-order valence-corrected chi connectivity index (χ4v) is 1.39. The summed E-state index contributed by atoms with van der Waals surface area (Å²) in [5, 5.41) is 3.80. The zero-order valence-electron chi connectivity index (χ0n) is 10.0. The molecule has 86 valence electrons. The molecule has 0 aliphatic rings. The van der Waals surface area contributed by atoms with Crippen LogP contribution >= 0.6 is 0 Å². The Morgan fingerprint density at radius 3 is 2.56 bits per heavy atom. The summed E-state index contributed by atoms with van der Waals surface area (Å²) in [6.07, 6.45) is 2.61. The number of aromatic amines is 1. The van der Waals surface area contributed by atoms with Gasteiger partial charge in [0.05, 0.1) is 0 Å². The number of aryl methyl sites for hydroxylation is 1. The molecule has 1 amide bonds. The number of rotatable bonds is 1. The van der Waals surface area contributed by atoms with Crippen molar-refractivity contribution in [3.05, 3.63) is 36.0 Å². The first-order chi connectivity index (χ1) is 7.69. The average molecular weight is 218 g/mol. The van der Waals surface area contributed by atoms with Crippen LogP contribution in [0.1, 0.15) is 18.9 Å². The van der Waals surface area contributed by atoms with Crippen molar-refractivity contribution in [2.45, 2.75) is 20.3 Å². The van der Waals surface area contributed by atoms with Crippen molar-refractivity contribution in [2.75, 3.05) is 7.05 Å². The molecule has 2 aromatic rings. The number of aromatic nitrogens is 1. The summed E-state index contributed by atoms with van der Waals surface area (Å²) in [6, 6.07) is 8.31. The van der Waals surface area contributed by atoms with Crippen molar-refractivity contribution in [3.8, 4) is 0 Å². The molecule has 0 fully saturated rings. The Kier molecular flexibility index (Phi) is 4.58. The molecule has 0 bridgehead atoms. The molecule has 0 atom stereocenters. The Morgan fingerprint density at radius 1 is 1.38 bits per heavy atom. The van der Waals surface area contributed by atoms with Crippen molar-refractivity contribution < 1.29 is 4.79 Å². The third-order valence-corrected chi connectivity index (χ3v) is 2.40. The van der Waals surface area contributed by atoms with E-state index in [0.717, 1.165) is 0 Å². The van der Waals surface area contributed by atoms with Gasteiger partial charge in [0.2, 0.25) is 5.91 Å². The van der Waals surface area contributed by atoms with Crippen LogP contribution in [0.2, 0.25) is 0 Å². The third-order valence-electron chi connectivity index (χ3n) is 2.40. The molecule has 3 heteroatoms. The highest BCUT2D eigenvalue weighted by atomic mass is 16.1. The number of amides is 1. The van der Waals surface area contributed by atoms with Crippen LogP contribution in [-0.4, -0.2) is 17.9 Å². The highest BCUT2D eigenvalue weighted by Crippen LogP contribution is 2.15. The second kappa shape index (κ2) is 5.95. The Morgan fingerprint density at radius 2 is 2.06 bits per heavy atom. The predicted molar refractivity (Wildman–Crippen MR) is 67.4 cm³/mol. The zero-order valence-corrected chi connectivity index (χ0v) is 10.0. The molecule has 0 aliphatic carbocycles. The minimum Gasteiger partial charge on any atom is -0.361 e. The molecule has 0 radical (unpaired) electrons. The number of hydrogen-bond donors (Lipinski definition) is 2. The van der Waals surface area contributed by atoms with E-state index in [2.05, 4.69) is 35.4 Å². The quantitative estimate of drug-likeness (QED) is 0.759. The second-order valence-electron chi connectivity index (χ2n) is 3.54. The normalized spacial score (nSPS) is 9.44. The number of para-hydroxylation sites is 1. The summed E-state index contributed by atoms with van der Waals surface area (Å²) in [7, 11) is 1.63. The molecule has 0 spiro atoms. The molecule has 0 aliphatic heterocycles. The molecule has 3 nitrogen and oxygen atoms in total. The van der Waals surface area contributed by atoms with Crippen LogP contribution in [0.4, 0.5) is 0 Å². The average Bonchev–Trinajstić information content (AvgIpc) is 2.72. The summed E-state index contributed by atoms with van der Waals surface area (Å²) >= 11 is 0. The van der Waals surface area contributed by atoms with E-state index in [1.165, 1.54) is 16.5 Å². The Balaban J connectivity index is 0.000000187. The van der Waals surface area contributed by atoms with Gasteiger partial charge >= 0.3 is 0 Å². The fourth-order valence-electron chi connectivity index (χ4n) is 1.39. The molecule has 16 heavy (non-hydrogen) atoms. The van der Waals surface area contributed by atoms with Crippen LogP contribution in [0.15, 0.2) is 30.5 Å². The first-order valence-electron chi connectivity index (χ1n) is 5.42. The van der Waals surface area contributed by atoms with Gasteiger partial charge in [-0.25, -0.2) is 0 Å². The van der Waals surface area contributed by atoms with E-state index in [9.17, 15) is 4.79 Å². The summed E-state index contributed by atoms with van der Waals surface area (Å²) in [5.74, 6) is 0.0926. The lowest BCUT2D eigenvalue weighted by Crippen LogP contribution is -2.15. The van der Waals surface area contributed by atoms with Crippen molar-refractivity contribution in [1.82, 2.24) is 10.3 Å². The Hall–Kier alpha value is -1.77. The van der Waals surface area contributed by atoms with Gasteiger partial charge in [0.15, 0.2) is 0 Å². The fraction of sp³-hybridized carbons (Fsp3) is 0.308. The topological polar surface area (TPSA) is 44.9 Å². The SMILES string of the molecule is CCC(=O)NC.Cc1c[nH]c2ccccc12. The number of hydrogen-bond acceptors (Lipinski definition) is 1. The first kappa shape index (κ1) is 12.3. The molecule has 0 saturated heterocycles. The van der Waals surface area contributed by atoms with E-state index in [-0.39, 0.29) is 5.91 Å². The molecule has 1 aromatic heterocycles. The number of benzene rings is 1. The smallest absolute Gasteiger partial charge is 0.219 e. The number of nitrogens with one attached hydrogen (secondary N) is 2. The van der Waals surface area contributed by atoms with E-state index in [4.69, 9.17) is 0 Å². The lowest BCUT2D eigenvalue weighted by molar-refractivity contribution is -0.120. The van der Waals surface area contributed by atoms with E-state index >= 15 is 0 Å². The molecule has 0 unspecified atom stereocenters. The molecule has 1 aromatic carbocycles. The van der Waals surface area contributed by atoms with Crippen LogP contribution in [0.25, 0.3) is 10.9 Å². The van der Waals surface area contributed by atoms with Crippen LogP contribution < -0.4 is 5.32 Å². The van der Waals surface area contributed by atoms with Gasteiger partial charge in [0.1, 0.15) is 0 Å². The molecular weight excluding hydrogens is 200 g/mol. The highest BCUT2D eigenvalue weighted by Gasteiger charge is 1.94. The summed E-state index contributed by atoms with van der Waals surface area (Å²) in [6.45, 7) is 3.93. The van der Waals surface area contributed by atoms with Gasteiger partial charge in [-0.15, -0.1) is 0 Å². The molecule has 0 saturated carbocycles. The van der Waals surface area contributed by atoms with Crippen molar-refractivity contribution in [2.24, 2.45) is 0 Å². The molecular formula is C13H18N2O. The minimum absolute atomic E-state index is 0.0926. The lowest BCUT2D eigenvalue weighted by Gasteiger charge is -1.87. The van der Waals surface area contributed by atoms with Gasteiger partial charge in [-0.1, -0.05) is 25.1 Å². The van der Waals surface area contributed by atoms with Crippen LogP contribution in [0.5, 0.6) is 0 Å². The van der Waals surface area contributed by atoms with Gasteiger partial charge in [-0.05, 0) is 18.6 Å². The first-order valence-corrected chi connectivity index (χ1v) is 5.42. The standard InChI is InChI=1S/C9H9N.C4H9NO/c1-7-6-10-9-5-3-2-4-8(7)9;1-3-4(6)5-2/h2-6,10H,1H3;3H2,1-2H3,(H,5,6). The number of carbonyl (C=O) groups is 1. The maximum atomic E-state index is 10.1. The van der Waals surface area contributed by atoms with Gasteiger partial charge in [0, 0.05) is 30.6 Å². The largest absolute Gasteiger partial charge is 0.361 e. The molecule has 2 N–H and O–H groups in total. The molecule has 1 heterocycles. The minimum atomic E-state index is 0.0926. The summed E-state index contributed by atoms with van der Waals surface area (Å²) < 4.78 is 0. The van der Waals surface area contributed by atoms with Gasteiger partial charge in [-0.2, -0.15) is 0 Å². The van der Waals surface area contributed by atoms with Crippen molar-refractivity contribution in [1.29, 1.82) is 0 Å². The van der Waals surface area contributed by atoms with Gasteiger partial charge in [0.25, 0.3) is 0 Å². The predicted octanol–water partition coefficient (Wildman–Crippen LogP) is 2.62. The third kappa shape index (κ3) is 3.12. The lowest BCUT2D eigenvalue weighted by atomic mass is 10.2. The Bertz CT molecular complexity index is 454. The van der Waals surface area contributed by atoms with Gasteiger partial charge in [-0.3, -0.25) is 4.79 Å². The van der Waals surface area contributed by atoms with Crippen LogP contribution in [0, 0.1) is 6.92 Å². The summed E-state index contributed by atoms with van der Waals surface area (Å²) in [4.78, 5) is 13.3. The van der Waals surface area contributed by atoms with E-state index < -0.39 is 0 Å². The van der Waals surface area contributed by atoms with Gasteiger partial charge < -0.3 is 10.3 Å². The maximum Gasteiger partial charge on any atom is 0.219 e. The highest BCUT2D eigenvalue weighted by molar-refractivity contribution is 5.82. The molecule has 2 rings (SSSR count). The number of H-pyrrole nitrogens is 1. The summed E-state index contributed by atoms with van der Waals surface area (Å²) in [5.41, 5.74) is 2.54. The maximum absolute atomic E-state index is 10.1. The van der Waals surface area contributed by atoms with Crippen LogP contribution in [-0.2, 0) is 4.79 Å². The van der Waals surface area contributed by atoms with E-state index in [0.29, 0.717) is 6.42 Å². The Labute approximate surface area is 95.9 Å². The van der Waals surface area contributed by atoms with Crippen molar-refractivity contribution in [3.63, 3.8) is 0 Å². The monoisotopic (exact) mass is 218 g/mol. The van der Waals surface area contributed by atoms with E-state index in [1.807, 2.05) is 19.2 Å². The van der Waals surface area contributed by atoms with Crippen LogP contribution in [0.3, 0.4) is 0 Å². The van der Waals surface area contributed by atoms with E-state index in [1.54, 1.807) is 7.05 Å².